The average molecular weight is 386 g/mol. The number of carbonyl (C=O) groups is 2. The summed E-state index contributed by atoms with van der Waals surface area (Å²) in [6.45, 7) is 3.96. The maximum absolute atomic E-state index is 12.8. The molecule has 140 valence electrons. The monoisotopic (exact) mass is 386 g/mol. The van der Waals surface area contributed by atoms with Crippen LogP contribution in [0.2, 0.25) is 0 Å². The predicted octanol–water partition coefficient (Wildman–Crippen LogP) is 2.83. The van der Waals surface area contributed by atoms with Gasteiger partial charge in [-0.3, -0.25) is 14.2 Å². The van der Waals surface area contributed by atoms with E-state index in [1.807, 2.05) is 6.92 Å². The largest absolute Gasteiger partial charge is 0.494 e. The fraction of sp³-hybridized carbons (Fsp3) is 0.263. The van der Waals surface area contributed by atoms with Crippen LogP contribution in [0.5, 0.6) is 5.75 Å². The first-order chi connectivity index (χ1) is 13.0. The molecule has 1 aromatic carbocycles. The molecule has 0 amide bonds. The molecular weight excluding hydrogens is 368 g/mol. The van der Waals surface area contributed by atoms with Gasteiger partial charge >= 0.3 is 5.97 Å². The first kappa shape index (κ1) is 18.8. The van der Waals surface area contributed by atoms with E-state index in [1.54, 1.807) is 31.2 Å². The van der Waals surface area contributed by atoms with Crippen molar-refractivity contribution in [3.63, 3.8) is 0 Å². The predicted molar refractivity (Wildman–Crippen MR) is 102 cm³/mol. The van der Waals surface area contributed by atoms with Gasteiger partial charge < -0.3 is 9.47 Å². The van der Waals surface area contributed by atoms with E-state index >= 15 is 0 Å². The normalized spacial score (nSPS) is 10.8. The van der Waals surface area contributed by atoms with Gasteiger partial charge in [0, 0.05) is 5.56 Å². The lowest BCUT2D eigenvalue weighted by Gasteiger charge is -2.06. The summed E-state index contributed by atoms with van der Waals surface area (Å²) in [5.74, 6) is -0.0483. The summed E-state index contributed by atoms with van der Waals surface area (Å²) in [4.78, 5) is 42.1. The number of hydrogen-bond donors (Lipinski definition) is 0. The van der Waals surface area contributed by atoms with E-state index < -0.39 is 5.97 Å². The van der Waals surface area contributed by atoms with Crippen molar-refractivity contribution in [2.24, 2.45) is 0 Å². The molecule has 2 heterocycles. The molecule has 0 spiro atoms. The third-order valence-electron chi connectivity index (χ3n) is 4.09. The standard InChI is InChI=1S/C19H18N2O5S/c1-4-26-13-7-5-12(6-8-13)14(22)9-21-10-20-17-15(18(21)23)11(2)16(27-17)19(24)25-3/h5-8,10H,4,9H2,1-3H3. The van der Waals surface area contributed by atoms with Crippen LogP contribution in [-0.2, 0) is 11.3 Å². The van der Waals surface area contributed by atoms with Gasteiger partial charge in [0.05, 0.1) is 32.0 Å². The zero-order chi connectivity index (χ0) is 19.6. The Morgan fingerprint density at radius 2 is 1.93 bits per heavy atom. The number of aryl methyl sites for hydroxylation is 1. The highest BCUT2D eigenvalue weighted by atomic mass is 32.1. The molecule has 3 aromatic rings. The van der Waals surface area contributed by atoms with Crippen LogP contribution in [0.25, 0.3) is 10.2 Å². The smallest absolute Gasteiger partial charge is 0.348 e. The number of methoxy groups -OCH3 is 1. The molecule has 0 aliphatic rings. The van der Waals surface area contributed by atoms with E-state index in [0.29, 0.717) is 38.6 Å². The minimum Gasteiger partial charge on any atom is -0.494 e. The minimum atomic E-state index is -0.507. The molecule has 0 aliphatic carbocycles. The molecule has 27 heavy (non-hydrogen) atoms. The molecule has 2 aromatic heterocycles. The molecule has 0 bridgehead atoms. The first-order valence-electron chi connectivity index (χ1n) is 8.29. The summed E-state index contributed by atoms with van der Waals surface area (Å²) in [7, 11) is 1.29. The van der Waals surface area contributed by atoms with Gasteiger partial charge in [0.2, 0.25) is 0 Å². The Bertz CT molecular complexity index is 1070. The van der Waals surface area contributed by atoms with Gasteiger partial charge in [-0.15, -0.1) is 11.3 Å². The van der Waals surface area contributed by atoms with E-state index in [2.05, 4.69) is 4.98 Å². The lowest BCUT2D eigenvalue weighted by molar-refractivity contribution is 0.0605. The van der Waals surface area contributed by atoms with Crippen molar-refractivity contribution in [2.75, 3.05) is 13.7 Å². The number of hydrogen-bond acceptors (Lipinski definition) is 7. The molecule has 0 saturated carbocycles. The minimum absolute atomic E-state index is 0.140. The van der Waals surface area contributed by atoms with Gasteiger partial charge in [-0.25, -0.2) is 9.78 Å². The number of fused-ring (bicyclic) bond motifs is 1. The highest BCUT2D eigenvalue weighted by Gasteiger charge is 2.20. The fourth-order valence-corrected chi connectivity index (χ4v) is 3.77. The Kier molecular flexibility index (Phi) is 5.36. The Morgan fingerprint density at radius 1 is 1.22 bits per heavy atom. The Balaban J connectivity index is 1.92. The van der Waals surface area contributed by atoms with E-state index in [9.17, 15) is 14.4 Å². The van der Waals surface area contributed by atoms with Crippen molar-refractivity contribution in [1.82, 2.24) is 9.55 Å². The second-order valence-electron chi connectivity index (χ2n) is 5.79. The third kappa shape index (κ3) is 3.61. The lowest BCUT2D eigenvalue weighted by atomic mass is 10.1. The van der Waals surface area contributed by atoms with Crippen LogP contribution in [-0.4, -0.2) is 35.0 Å². The molecule has 0 fully saturated rings. The zero-order valence-electron chi connectivity index (χ0n) is 15.1. The van der Waals surface area contributed by atoms with Gasteiger partial charge in [0.25, 0.3) is 5.56 Å². The van der Waals surface area contributed by atoms with Crippen LogP contribution in [0.15, 0.2) is 35.4 Å². The van der Waals surface area contributed by atoms with Crippen LogP contribution >= 0.6 is 11.3 Å². The molecule has 7 nitrogen and oxygen atoms in total. The molecule has 8 heteroatoms. The van der Waals surface area contributed by atoms with Gasteiger partial charge in [-0.1, -0.05) is 0 Å². The number of carbonyl (C=O) groups excluding carboxylic acids is 2. The summed E-state index contributed by atoms with van der Waals surface area (Å²) < 4.78 is 11.3. The van der Waals surface area contributed by atoms with E-state index in [4.69, 9.17) is 9.47 Å². The number of benzene rings is 1. The van der Waals surface area contributed by atoms with Crippen LogP contribution in [0.3, 0.4) is 0 Å². The maximum atomic E-state index is 12.8. The third-order valence-corrected chi connectivity index (χ3v) is 5.27. The van der Waals surface area contributed by atoms with E-state index in [-0.39, 0.29) is 17.9 Å². The molecule has 0 saturated heterocycles. The zero-order valence-corrected chi connectivity index (χ0v) is 16.0. The van der Waals surface area contributed by atoms with Crippen molar-refractivity contribution < 1.29 is 19.1 Å². The second kappa shape index (κ2) is 7.71. The van der Waals surface area contributed by atoms with Crippen molar-refractivity contribution in [2.45, 2.75) is 20.4 Å². The van der Waals surface area contributed by atoms with Crippen molar-refractivity contribution in [3.05, 3.63) is 57.0 Å². The van der Waals surface area contributed by atoms with Crippen LogP contribution in [0.4, 0.5) is 0 Å². The molecule has 0 atom stereocenters. The number of nitrogens with zero attached hydrogens (tertiary/aromatic N) is 2. The second-order valence-corrected chi connectivity index (χ2v) is 6.79. The van der Waals surface area contributed by atoms with Crippen molar-refractivity contribution in [1.29, 1.82) is 0 Å². The van der Waals surface area contributed by atoms with Crippen molar-refractivity contribution >= 4 is 33.3 Å². The number of rotatable bonds is 6. The Labute approximate surface area is 159 Å². The number of thiophene rings is 1. The first-order valence-corrected chi connectivity index (χ1v) is 9.10. The summed E-state index contributed by atoms with van der Waals surface area (Å²) >= 11 is 1.10. The van der Waals surface area contributed by atoms with Gasteiger partial charge in [0.15, 0.2) is 5.78 Å². The molecule has 3 rings (SSSR count). The van der Waals surface area contributed by atoms with Crippen LogP contribution < -0.4 is 10.3 Å². The number of esters is 1. The highest BCUT2D eigenvalue weighted by molar-refractivity contribution is 7.20. The number of ketones is 1. The van der Waals surface area contributed by atoms with Gasteiger partial charge in [-0.2, -0.15) is 0 Å². The number of Topliss-reactive ketones (excluding diaryl/α,β-unsaturated/α-hetero) is 1. The Morgan fingerprint density at radius 3 is 2.56 bits per heavy atom. The molecular formula is C19H18N2O5S. The van der Waals surface area contributed by atoms with Crippen LogP contribution in [0.1, 0.15) is 32.5 Å². The van der Waals surface area contributed by atoms with E-state index in [1.165, 1.54) is 18.0 Å². The van der Waals surface area contributed by atoms with Gasteiger partial charge in [-0.05, 0) is 43.7 Å². The highest BCUT2D eigenvalue weighted by Crippen LogP contribution is 2.27. The lowest BCUT2D eigenvalue weighted by Crippen LogP contribution is -2.24. The molecule has 0 N–H and O–H groups in total. The molecule has 0 aliphatic heterocycles. The SMILES string of the molecule is CCOc1ccc(C(=O)Cn2cnc3sc(C(=O)OC)c(C)c3c2=O)cc1. The fourth-order valence-electron chi connectivity index (χ4n) is 2.71. The van der Waals surface area contributed by atoms with Crippen LogP contribution in [0, 0.1) is 6.92 Å². The topological polar surface area (TPSA) is 87.5 Å². The average Bonchev–Trinajstić information content (AvgIpc) is 3.01. The summed E-state index contributed by atoms with van der Waals surface area (Å²) in [6.07, 6.45) is 1.33. The summed E-state index contributed by atoms with van der Waals surface area (Å²) in [5, 5.41) is 0.336. The number of aromatic nitrogens is 2. The summed E-state index contributed by atoms with van der Waals surface area (Å²) in [5.41, 5.74) is 0.633. The quantitative estimate of drug-likeness (QED) is 0.478. The maximum Gasteiger partial charge on any atom is 0.348 e. The Hall–Kier alpha value is -3.00. The molecule has 0 unspecified atom stereocenters. The van der Waals surface area contributed by atoms with E-state index in [0.717, 1.165) is 11.3 Å². The van der Waals surface area contributed by atoms with Crippen molar-refractivity contribution in [3.8, 4) is 5.75 Å². The summed E-state index contributed by atoms with van der Waals surface area (Å²) in [6, 6.07) is 6.75. The molecule has 0 radical (unpaired) electrons. The van der Waals surface area contributed by atoms with Gasteiger partial charge in [0.1, 0.15) is 15.5 Å². The number of ether oxygens (including phenoxy) is 2.